The van der Waals surface area contributed by atoms with E-state index < -0.39 is 0 Å². The van der Waals surface area contributed by atoms with Gasteiger partial charge in [0.05, 0.1) is 5.60 Å². The van der Waals surface area contributed by atoms with Gasteiger partial charge >= 0.3 is 0 Å². The van der Waals surface area contributed by atoms with Gasteiger partial charge in [0.1, 0.15) is 5.82 Å². The van der Waals surface area contributed by atoms with E-state index >= 15 is 0 Å². The van der Waals surface area contributed by atoms with Crippen LogP contribution in [0.3, 0.4) is 0 Å². The van der Waals surface area contributed by atoms with E-state index in [2.05, 4.69) is 41.4 Å². The zero-order valence-electron chi connectivity index (χ0n) is 13.0. The molecule has 1 saturated heterocycles. The van der Waals surface area contributed by atoms with Gasteiger partial charge in [-0.25, -0.2) is 4.98 Å². The van der Waals surface area contributed by atoms with Crippen LogP contribution in [0.4, 0.5) is 11.8 Å². The molecule has 1 fully saturated rings. The van der Waals surface area contributed by atoms with Gasteiger partial charge in [-0.15, -0.1) is 0 Å². The van der Waals surface area contributed by atoms with Gasteiger partial charge in [0.2, 0.25) is 5.95 Å². The van der Waals surface area contributed by atoms with Crippen molar-refractivity contribution in [3.05, 3.63) is 11.8 Å². The van der Waals surface area contributed by atoms with E-state index in [1.54, 1.807) is 0 Å². The molecule has 0 radical (unpaired) electrons. The molecular formula is C15H26N4O. The Morgan fingerprint density at radius 1 is 1.45 bits per heavy atom. The minimum absolute atomic E-state index is 0.0554. The van der Waals surface area contributed by atoms with Gasteiger partial charge < -0.3 is 15.4 Å². The molecular weight excluding hydrogens is 252 g/mol. The fourth-order valence-corrected chi connectivity index (χ4v) is 2.46. The first-order valence-electron chi connectivity index (χ1n) is 7.48. The van der Waals surface area contributed by atoms with Crippen LogP contribution in [-0.4, -0.2) is 34.8 Å². The summed E-state index contributed by atoms with van der Waals surface area (Å²) in [5, 5.41) is 6.78. The molecule has 1 aliphatic rings. The van der Waals surface area contributed by atoms with Crippen molar-refractivity contribution in [2.75, 3.05) is 23.8 Å². The molecule has 0 bridgehead atoms. The summed E-state index contributed by atoms with van der Waals surface area (Å²) in [6, 6.07) is 0.409. The van der Waals surface area contributed by atoms with Crippen LogP contribution >= 0.6 is 0 Å². The molecule has 0 aromatic carbocycles. The third-order valence-electron chi connectivity index (χ3n) is 3.54. The van der Waals surface area contributed by atoms with Crippen LogP contribution in [0.2, 0.25) is 0 Å². The molecule has 1 atom stereocenters. The molecule has 2 N–H and O–H groups in total. The number of rotatable bonds is 5. The normalized spacial score (nSPS) is 21.5. The van der Waals surface area contributed by atoms with Crippen molar-refractivity contribution >= 4 is 11.8 Å². The van der Waals surface area contributed by atoms with Crippen molar-refractivity contribution in [2.24, 2.45) is 0 Å². The highest BCUT2D eigenvalue weighted by Gasteiger charge is 2.29. The van der Waals surface area contributed by atoms with Crippen LogP contribution in [0.1, 0.15) is 45.6 Å². The first-order valence-corrected chi connectivity index (χ1v) is 7.48. The lowest BCUT2D eigenvalue weighted by Gasteiger charge is -2.36. The summed E-state index contributed by atoms with van der Waals surface area (Å²) >= 11 is 0. The van der Waals surface area contributed by atoms with Crippen LogP contribution in [-0.2, 0) is 4.74 Å². The quantitative estimate of drug-likeness (QED) is 0.867. The number of anilines is 2. The summed E-state index contributed by atoms with van der Waals surface area (Å²) in [5.74, 6) is 1.63. The van der Waals surface area contributed by atoms with Gasteiger partial charge in [0.15, 0.2) is 0 Å². The fraction of sp³-hybridized carbons (Fsp3) is 0.733. The van der Waals surface area contributed by atoms with Gasteiger partial charge in [0.25, 0.3) is 0 Å². The third kappa shape index (κ3) is 4.07. The van der Waals surface area contributed by atoms with Crippen LogP contribution in [0.25, 0.3) is 0 Å². The van der Waals surface area contributed by atoms with Crippen LogP contribution in [0.5, 0.6) is 0 Å². The predicted molar refractivity (Wildman–Crippen MR) is 82.2 cm³/mol. The number of nitrogens with one attached hydrogen (secondary N) is 2. The summed E-state index contributed by atoms with van der Waals surface area (Å²) in [5.41, 5.74) is 1.02. The molecule has 1 aliphatic heterocycles. The monoisotopic (exact) mass is 278 g/mol. The summed E-state index contributed by atoms with van der Waals surface area (Å²) in [6.07, 6.45) is 4.95. The first-order chi connectivity index (χ1) is 9.50. The molecule has 1 unspecified atom stereocenters. The Morgan fingerprint density at radius 3 is 2.95 bits per heavy atom. The average molecular weight is 278 g/mol. The number of nitrogens with zero attached hydrogens (tertiary/aromatic N) is 2. The van der Waals surface area contributed by atoms with E-state index in [1.165, 1.54) is 0 Å². The SMILES string of the molecule is CCCNc1ncc(C)c(NC2CCOC(C)(C)C2)n1. The fourth-order valence-electron chi connectivity index (χ4n) is 2.46. The Kier molecular flexibility index (Phi) is 4.81. The van der Waals surface area contributed by atoms with E-state index in [4.69, 9.17) is 4.74 Å². The van der Waals surface area contributed by atoms with Gasteiger partial charge in [-0.3, -0.25) is 0 Å². The number of aryl methyl sites for hydroxylation is 1. The molecule has 2 rings (SSSR count). The smallest absolute Gasteiger partial charge is 0.224 e. The molecule has 2 heterocycles. The maximum absolute atomic E-state index is 5.76. The summed E-state index contributed by atoms with van der Waals surface area (Å²) in [6.45, 7) is 10.1. The molecule has 0 saturated carbocycles. The number of aromatic nitrogens is 2. The van der Waals surface area contributed by atoms with E-state index in [9.17, 15) is 0 Å². The number of hydrogen-bond acceptors (Lipinski definition) is 5. The average Bonchev–Trinajstić information content (AvgIpc) is 2.38. The van der Waals surface area contributed by atoms with Crippen molar-refractivity contribution in [1.82, 2.24) is 9.97 Å². The lowest BCUT2D eigenvalue weighted by Crippen LogP contribution is -2.40. The van der Waals surface area contributed by atoms with Crippen LogP contribution in [0.15, 0.2) is 6.20 Å². The summed E-state index contributed by atoms with van der Waals surface area (Å²) in [4.78, 5) is 8.89. The van der Waals surface area contributed by atoms with Crippen molar-refractivity contribution in [3.8, 4) is 0 Å². The Hall–Kier alpha value is -1.36. The van der Waals surface area contributed by atoms with Gasteiger partial charge in [0, 0.05) is 31.0 Å². The van der Waals surface area contributed by atoms with Gasteiger partial charge in [-0.1, -0.05) is 6.92 Å². The molecule has 0 amide bonds. The molecule has 0 aliphatic carbocycles. The van der Waals surface area contributed by atoms with E-state index in [0.717, 1.165) is 43.8 Å². The zero-order chi connectivity index (χ0) is 14.6. The molecule has 20 heavy (non-hydrogen) atoms. The third-order valence-corrected chi connectivity index (χ3v) is 3.54. The van der Waals surface area contributed by atoms with Crippen molar-refractivity contribution in [3.63, 3.8) is 0 Å². The molecule has 1 aromatic rings. The topological polar surface area (TPSA) is 59.1 Å². The van der Waals surface area contributed by atoms with Gasteiger partial charge in [-0.05, 0) is 40.0 Å². The molecule has 5 heteroatoms. The second-order valence-electron chi connectivity index (χ2n) is 6.09. The van der Waals surface area contributed by atoms with Crippen molar-refractivity contribution in [1.29, 1.82) is 0 Å². The summed E-state index contributed by atoms with van der Waals surface area (Å²) in [7, 11) is 0. The Bertz CT molecular complexity index is 447. The van der Waals surface area contributed by atoms with E-state index in [-0.39, 0.29) is 5.60 Å². The number of ether oxygens (including phenoxy) is 1. The van der Waals surface area contributed by atoms with E-state index in [1.807, 2.05) is 13.1 Å². The van der Waals surface area contributed by atoms with Crippen molar-refractivity contribution < 1.29 is 4.74 Å². The van der Waals surface area contributed by atoms with E-state index in [0.29, 0.717) is 12.0 Å². The highest BCUT2D eigenvalue weighted by molar-refractivity contribution is 5.47. The minimum Gasteiger partial charge on any atom is -0.375 e. The summed E-state index contributed by atoms with van der Waals surface area (Å²) < 4.78 is 5.76. The second kappa shape index (κ2) is 6.39. The van der Waals surface area contributed by atoms with Crippen LogP contribution < -0.4 is 10.6 Å². The largest absolute Gasteiger partial charge is 0.375 e. The standard InChI is InChI=1S/C15H26N4O/c1-5-7-16-14-17-10-11(2)13(19-14)18-12-6-8-20-15(3,4)9-12/h10,12H,5-9H2,1-4H3,(H2,16,17,18,19). The predicted octanol–water partition coefficient (Wildman–Crippen LogP) is 2.98. The number of hydrogen-bond donors (Lipinski definition) is 2. The highest BCUT2D eigenvalue weighted by Crippen LogP contribution is 2.26. The minimum atomic E-state index is -0.0554. The molecule has 1 aromatic heterocycles. The maximum atomic E-state index is 5.76. The second-order valence-corrected chi connectivity index (χ2v) is 6.09. The molecule has 5 nitrogen and oxygen atoms in total. The maximum Gasteiger partial charge on any atom is 0.224 e. The highest BCUT2D eigenvalue weighted by atomic mass is 16.5. The molecule has 0 spiro atoms. The lowest BCUT2D eigenvalue weighted by atomic mass is 9.94. The first kappa shape index (κ1) is 15.0. The molecule has 112 valence electrons. The Labute approximate surface area is 121 Å². The van der Waals surface area contributed by atoms with Crippen LogP contribution in [0, 0.1) is 6.92 Å². The van der Waals surface area contributed by atoms with Gasteiger partial charge in [-0.2, -0.15) is 4.98 Å². The Balaban J connectivity index is 2.04. The van der Waals surface area contributed by atoms with Crippen molar-refractivity contribution in [2.45, 2.75) is 58.6 Å². The zero-order valence-corrected chi connectivity index (χ0v) is 13.0. The lowest BCUT2D eigenvalue weighted by molar-refractivity contribution is -0.0553. The Morgan fingerprint density at radius 2 is 2.25 bits per heavy atom.